The molecule has 0 spiro atoms. The Labute approximate surface area is 154 Å². The number of nitrogens with one attached hydrogen (secondary N) is 1. The van der Waals surface area contributed by atoms with Crippen LogP contribution in [0.2, 0.25) is 0 Å². The third-order valence-electron chi connectivity index (χ3n) is 3.98. The first-order valence-electron chi connectivity index (χ1n) is 8.53. The van der Waals surface area contributed by atoms with Crippen LogP contribution in [0, 0.1) is 0 Å². The highest BCUT2D eigenvalue weighted by molar-refractivity contribution is 5.52. The standard InChI is InChI=1S/C20H17N3O4/c24-20-22-18(23-27-20)12-14-6-8-17(9-7-14)25-11-10-16-13-26-19(21-16)15-4-2-1-3-5-15/h1-9,13H,10-12H2,(H,22,23,24). The van der Waals surface area contributed by atoms with Gasteiger partial charge in [0.15, 0.2) is 5.82 Å². The molecule has 4 rings (SSSR count). The van der Waals surface area contributed by atoms with Gasteiger partial charge in [0.1, 0.15) is 12.0 Å². The molecule has 0 atom stereocenters. The first-order chi connectivity index (χ1) is 13.3. The van der Waals surface area contributed by atoms with Crippen molar-refractivity contribution in [3.8, 4) is 17.2 Å². The summed E-state index contributed by atoms with van der Waals surface area (Å²) in [5.74, 6) is 1.32. The van der Waals surface area contributed by atoms with Crippen LogP contribution in [0.1, 0.15) is 17.1 Å². The Bertz CT molecular complexity index is 1050. The number of aromatic nitrogens is 3. The Hall–Kier alpha value is -3.61. The fourth-order valence-corrected chi connectivity index (χ4v) is 2.64. The van der Waals surface area contributed by atoms with Gasteiger partial charge in [0, 0.05) is 18.4 Å². The van der Waals surface area contributed by atoms with E-state index in [9.17, 15) is 4.79 Å². The van der Waals surface area contributed by atoms with E-state index in [-0.39, 0.29) is 0 Å². The molecule has 0 aliphatic heterocycles. The lowest BCUT2D eigenvalue weighted by Crippen LogP contribution is -2.02. The average Bonchev–Trinajstić information content (AvgIpc) is 3.33. The topological polar surface area (TPSA) is 94.2 Å². The molecule has 0 bridgehead atoms. The van der Waals surface area contributed by atoms with Crippen LogP contribution in [-0.2, 0) is 12.8 Å². The van der Waals surface area contributed by atoms with Gasteiger partial charge in [-0.3, -0.25) is 9.51 Å². The minimum absolute atomic E-state index is 0.493. The number of ether oxygens (including phenoxy) is 1. The SMILES string of the molecule is O=c1[nH]c(Cc2ccc(OCCc3coc(-c4ccccc4)n3)cc2)no1. The Morgan fingerprint density at radius 3 is 2.59 bits per heavy atom. The summed E-state index contributed by atoms with van der Waals surface area (Å²) in [4.78, 5) is 17.9. The zero-order valence-corrected chi connectivity index (χ0v) is 14.4. The van der Waals surface area contributed by atoms with Crippen molar-refractivity contribution in [2.45, 2.75) is 12.8 Å². The van der Waals surface area contributed by atoms with E-state index in [1.807, 2.05) is 54.6 Å². The number of aromatic amines is 1. The molecule has 4 aromatic rings. The van der Waals surface area contributed by atoms with Crippen molar-refractivity contribution >= 4 is 0 Å². The van der Waals surface area contributed by atoms with Crippen LogP contribution in [0.15, 0.2) is 74.6 Å². The van der Waals surface area contributed by atoms with E-state index in [4.69, 9.17) is 9.15 Å². The molecule has 0 unspecified atom stereocenters. The number of H-pyrrole nitrogens is 1. The summed E-state index contributed by atoms with van der Waals surface area (Å²) in [5.41, 5.74) is 2.80. The van der Waals surface area contributed by atoms with E-state index >= 15 is 0 Å². The number of oxazole rings is 1. The van der Waals surface area contributed by atoms with E-state index in [1.54, 1.807) is 6.26 Å². The molecule has 0 radical (unpaired) electrons. The summed E-state index contributed by atoms with van der Waals surface area (Å²) >= 11 is 0. The highest BCUT2D eigenvalue weighted by Crippen LogP contribution is 2.19. The van der Waals surface area contributed by atoms with Crippen molar-refractivity contribution < 1.29 is 13.7 Å². The molecule has 0 aliphatic carbocycles. The first kappa shape index (κ1) is 16.8. The second-order valence-electron chi connectivity index (χ2n) is 5.97. The third kappa shape index (κ3) is 4.33. The maximum absolute atomic E-state index is 10.9. The Kier molecular flexibility index (Phi) is 4.82. The highest BCUT2D eigenvalue weighted by Gasteiger charge is 2.07. The zero-order chi connectivity index (χ0) is 18.5. The van der Waals surface area contributed by atoms with Crippen LogP contribution >= 0.6 is 0 Å². The van der Waals surface area contributed by atoms with Gasteiger partial charge in [-0.1, -0.05) is 35.5 Å². The van der Waals surface area contributed by atoms with Gasteiger partial charge in [0.25, 0.3) is 0 Å². The van der Waals surface area contributed by atoms with Crippen LogP contribution in [0.5, 0.6) is 5.75 Å². The van der Waals surface area contributed by atoms with Gasteiger partial charge in [-0.2, -0.15) is 0 Å². The normalized spacial score (nSPS) is 10.8. The number of hydrogen-bond acceptors (Lipinski definition) is 6. The predicted molar refractivity (Wildman–Crippen MR) is 97.5 cm³/mol. The largest absolute Gasteiger partial charge is 0.493 e. The van der Waals surface area contributed by atoms with Crippen molar-refractivity contribution in [2.24, 2.45) is 0 Å². The Balaban J connectivity index is 1.29. The molecule has 0 saturated heterocycles. The van der Waals surface area contributed by atoms with Crippen molar-refractivity contribution in [3.63, 3.8) is 0 Å². The number of hydrogen-bond donors (Lipinski definition) is 1. The highest BCUT2D eigenvalue weighted by atomic mass is 16.5. The van der Waals surface area contributed by atoms with Crippen molar-refractivity contribution in [3.05, 3.63) is 88.5 Å². The summed E-state index contributed by atoms with van der Waals surface area (Å²) in [5, 5.41) is 3.65. The van der Waals surface area contributed by atoms with Gasteiger partial charge in [-0.25, -0.2) is 9.78 Å². The molecule has 0 fully saturated rings. The molecule has 136 valence electrons. The van der Waals surface area contributed by atoms with Gasteiger partial charge in [0.05, 0.1) is 12.3 Å². The van der Waals surface area contributed by atoms with Gasteiger partial charge in [0.2, 0.25) is 5.89 Å². The monoisotopic (exact) mass is 363 g/mol. The summed E-state index contributed by atoms with van der Waals surface area (Å²) in [6.07, 6.45) is 2.80. The first-order valence-corrected chi connectivity index (χ1v) is 8.53. The van der Waals surface area contributed by atoms with Crippen LogP contribution in [0.25, 0.3) is 11.5 Å². The fourth-order valence-electron chi connectivity index (χ4n) is 2.64. The van der Waals surface area contributed by atoms with Crippen LogP contribution in [0.3, 0.4) is 0 Å². The summed E-state index contributed by atoms with van der Waals surface area (Å²) < 4.78 is 15.8. The second-order valence-corrected chi connectivity index (χ2v) is 5.97. The smallest absolute Gasteiger partial charge is 0.438 e. The number of rotatable bonds is 7. The molecular formula is C20H17N3O4. The Morgan fingerprint density at radius 2 is 1.85 bits per heavy atom. The molecule has 2 aromatic carbocycles. The van der Waals surface area contributed by atoms with Crippen LogP contribution in [-0.4, -0.2) is 21.7 Å². The molecule has 0 aliphatic rings. The molecule has 2 aromatic heterocycles. The molecule has 7 nitrogen and oxygen atoms in total. The lowest BCUT2D eigenvalue weighted by Gasteiger charge is -2.05. The van der Waals surface area contributed by atoms with E-state index in [0.717, 1.165) is 22.6 Å². The van der Waals surface area contributed by atoms with Crippen LogP contribution in [0.4, 0.5) is 0 Å². The van der Waals surface area contributed by atoms with Crippen molar-refractivity contribution in [2.75, 3.05) is 6.61 Å². The van der Waals surface area contributed by atoms with Gasteiger partial charge < -0.3 is 9.15 Å². The molecule has 0 saturated carbocycles. The molecule has 27 heavy (non-hydrogen) atoms. The molecule has 1 N–H and O–H groups in total. The molecule has 0 amide bonds. The molecule has 2 heterocycles. The summed E-state index contributed by atoms with van der Waals surface area (Å²) in [7, 11) is 0. The number of benzene rings is 2. The lowest BCUT2D eigenvalue weighted by atomic mass is 10.1. The van der Waals surface area contributed by atoms with E-state index in [2.05, 4.69) is 19.6 Å². The van der Waals surface area contributed by atoms with Gasteiger partial charge in [-0.05, 0) is 29.8 Å². The zero-order valence-electron chi connectivity index (χ0n) is 14.4. The third-order valence-corrected chi connectivity index (χ3v) is 3.98. The predicted octanol–water partition coefficient (Wildman–Crippen LogP) is 3.23. The van der Waals surface area contributed by atoms with E-state index in [1.165, 1.54) is 0 Å². The van der Waals surface area contributed by atoms with Crippen molar-refractivity contribution in [1.82, 2.24) is 15.1 Å². The molecular weight excluding hydrogens is 346 g/mol. The summed E-state index contributed by atoms with van der Waals surface area (Å²) in [6, 6.07) is 17.4. The number of nitrogens with zero attached hydrogens (tertiary/aromatic N) is 2. The summed E-state index contributed by atoms with van der Waals surface area (Å²) in [6.45, 7) is 0.497. The Morgan fingerprint density at radius 1 is 1.04 bits per heavy atom. The lowest BCUT2D eigenvalue weighted by molar-refractivity contribution is 0.320. The van der Waals surface area contributed by atoms with Gasteiger partial charge >= 0.3 is 5.76 Å². The minimum Gasteiger partial charge on any atom is -0.493 e. The van der Waals surface area contributed by atoms with E-state index in [0.29, 0.717) is 31.2 Å². The average molecular weight is 363 g/mol. The maximum Gasteiger partial charge on any atom is 0.438 e. The van der Waals surface area contributed by atoms with Crippen LogP contribution < -0.4 is 10.5 Å². The van der Waals surface area contributed by atoms with Gasteiger partial charge in [-0.15, -0.1) is 0 Å². The fraction of sp³-hybridized carbons (Fsp3) is 0.150. The minimum atomic E-state index is -0.548. The second kappa shape index (κ2) is 7.74. The maximum atomic E-state index is 10.9. The quantitative estimate of drug-likeness (QED) is 0.542. The van der Waals surface area contributed by atoms with Crippen molar-refractivity contribution in [1.29, 1.82) is 0 Å². The molecule has 7 heteroatoms. The van der Waals surface area contributed by atoms with E-state index < -0.39 is 5.76 Å².